The summed E-state index contributed by atoms with van der Waals surface area (Å²) in [5.41, 5.74) is 0. The third-order valence-electron chi connectivity index (χ3n) is 3.16. The molecule has 0 bridgehead atoms. The van der Waals surface area contributed by atoms with Crippen LogP contribution >= 0.6 is 0 Å². The minimum Gasteiger partial charge on any atom is -0.465 e. The highest BCUT2D eigenvalue weighted by Gasteiger charge is 2.40. The molecule has 1 amide bonds. The van der Waals surface area contributed by atoms with Crippen LogP contribution in [0.3, 0.4) is 0 Å². The van der Waals surface area contributed by atoms with Gasteiger partial charge >= 0.3 is 6.09 Å². The molecule has 17 heavy (non-hydrogen) atoms. The van der Waals surface area contributed by atoms with Gasteiger partial charge in [-0.3, -0.25) is 0 Å². The second-order valence-electron chi connectivity index (χ2n) is 5.67. The highest BCUT2D eigenvalue weighted by molar-refractivity contribution is 6.74. The first-order chi connectivity index (χ1) is 7.51. The van der Waals surface area contributed by atoms with Crippen LogP contribution in [0, 0.1) is 11.3 Å². The molecule has 0 heterocycles. The van der Waals surface area contributed by atoms with Crippen molar-refractivity contribution in [3.05, 3.63) is 0 Å². The maximum absolute atomic E-state index is 10.5. The van der Waals surface area contributed by atoms with Crippen LogP contribution in [-0.4, -0.2) is 31.7 Å². The largest absolute Gasteiger partial charge is 0.465 e. The van der Waals surface area contributed by atoms with E-state index in [0.29, 0.717) is 0 Å². The van der Waals surface area contributed by atoms with Crippen molar-refractivity contribution >= 4 is 14.4 Å². The number of hydrogen-bond donors (Lipinski definition) is 2. The van der Waals surface area contributed by atoms with Crippen LogP contribution in [0.4, 0.5) is 4.79 Å². The predicted octanol–water partition coefficient (Wildman–Crippen LogP) is 2.56. The molecule has 0 saturated heterocycles. The molecule has 0 aromatic rings. The smallest absolute Gasteiger partial charge is 0.404 e. The third-order valence-corrected chi connectivity index (χ3v) is 7.62. The second kappa shape index (κ2) is 5.51. The average Bonchev–Trinajstić information content (AvgIpc) is 2.10. The molecule has 0 aromatic heterocycles. The Morgan fingerprint density at radius 2 is 1.94 bits per heavy atom. The summed E-state index contributed by atoms with van der Waals surface area (Å²) >= 11 is 0. The minimum absolute atomic E-state index is 0.00889. The number of nitrogens with one attached hydrogen (secondary N) is 1. The molecule has 98 valence electrons. The van der Waals surface area contributed by atoms with Crippen LogP contribution in [0.2, 0.25) is 18.1 Å². The van der Waals surface area contributed by atoms with Crippen LogP contribution in [-0.2, 0) is 4.43 Å². The zero-order valence-corrected chi connectivity index (χ0v) is 12.4. The van der Waals surface area contributed by atoms with E-state index in [1.165, 1.54) is 0 Å². The van der Waals surface area contributed by atoms with Gasteiger partial charge in [-0.2, -0.15) is 5.26 Å². The Hall–Kier alpha value is -1.06. The molecular formula is C11H22N2O3Si. The monoisotopic (exact) mass is 258 g/mol. The maximum Gasteiger partial charge on any atom is 0.404 e. The molecule has 2 atom stereocenters. The number of rotatable bonds is 4. The van der Waals surface area contributed by atoms with E-state index in [1.54, 1.807) is 6.92 Å². The first-order valence-corrected chi connectivity index (χ1v) is 8.49. The predicted molar refractivity (Wildman–Crippen MR) is 68.3 cm³/mol. The lowest BCUT2D eigenvalue weighted by Gasteiger charge is -2.38. The highest BCUT2D eigenvalue weighted by Crippen LogP contribution is 2.37. The molecule has 0 unspecified atom stereocenters. The summed E-state index contributed by atoms with van der Waals surface area (Å²) in [6.07, 6.45) is -1.89. The van der Waals surface area contributed by atoms with Crippen molar-refractivity contribution in [2.24, 2.45) is 0 Å². The van der Waals surface area contributed by atoms with Gasteiger partial charge in [0.1, 0.15) is 0 Å². The van der Waals surface area contributed by atoms with Gasteiger partial charge in [-0.15, -0.1) is 0 Å². The van der Waals surface area contributed by atoms with Crippen molar-refractivity contribution in [1.29, 1.82) is 5.26 Å². The van der Waals surface area contributed by atoms with Crippen molar-refractivity contribution in [3.63, 3.8) is 0 Å². The second-order valence-corrected chi connectivity index (χ2v) is 10.4. The number of nitrogens with zero attached hydrogens (tertiary/aromatic N) is 1. The van der Waals surface area contributed by atoms with Gasteiger partial charge in [0.2, 0.25) is 0 Å². The SMILES string of the molecule is C[C@H](NC(=O)O)[C@@H](C#N)O[Si](C)(C)C(C)(C)C. The molecule has 0 aliphatic heterocycles. The quantitative estimate of drug-likeness (QED) is 0.759. The van der Waals surface area contributed by atoms with E-state index in [2.05, 4.69) is 26.1 Å². The van der Waals surface area contributed by atoms with Crippen LogP contribution in [0.5, 0.6) is 0 Å². The first kappa shape index (κ1) is 15.9. The van der Waals surface area contributed by atoms with Crippen LogP contribution in [0.25, 0.3) is 0 Å². The summed E-state index contributed by atoms with van der Waals surface area (Å²) in [6, 6.07) is 1.49. The Balaban J connectivity index is 4.73. The topological polar surface area (TPSA) is 82.4 Å². The van der Waals surface area contributed by atoms with Crippen molar-refractivity contribution < 1.29 is 14.3 Å². The number of carboxylic acid groups (broad SMARTS) is 1. The number of nitriles is 1. The van der Waals surface area contributed by atoms with Gasteiger partial charge in [-0.05, 0) is 25.1 Å². The van der Waals surface area contributed by atoms with E-state index in [9.17, 15) is 4.79 Å². The zero-order chi connectivity index (χ0) is 13.9. The van der Waals surface area contributed by atoms with Gasteiger partial charge in [-0.25, -0.2) is 4.79 Å². The van der Waals surface area contributed by atoms with E-state index < -0.39 is 26.6 Å². The van der Waals surface area contributed by atoms with E-state index in [1.807, 2.05) is 19.2 Å². The number of hydrogen-bond acceptors (Lipinski definition) is 3. The fourth-order valence-corrected chi connectivity index (χ4v) is 2.25. The molecule has 0 aliphatic carbocycles. The lowest BCUT2D eigenvalue weighted by atomic mass is 10.2. The minimum atomic E-state index is -2.06. The average molecular weight is 258 g/mol. The van der Waals surface area contributed by atoms with E-state index in [0.717, 1.165) is 0 Å². The Labute approximate surface area is 104 Å². The van der Waals surface area contributed by atoms with Gasteiger partial charge in [0.15, 0.2) is 14.4 Å². The maximum atomic E-state index is 10.5. The normalized spacial score (nSPS) is 15.8. The van der Waals surface area contributed by atoms with E-state index >= 15 is 0 Å². The Morgan fingerprint density at radius 1 is 1.47 bits per heavy atom. The van der Waals surface area contributed by atoms with Gasteiger partial charge < -0.3 is 14.8 Å². The summed E-state index contributed by atoms with van der Waals surface area (Å²) in [6.45, 7) is 11.9. The number of carbonyl (C=O) groups is 1. The molecule has 0 aliphatic rings. The molecule has 5 nitrogen and oxygen atoms in total. The van der Waals surface area contributed by atoms with Crippen LogP contribution < -0.4 is 5.32 Å². The number of amides is 1. The standard InChI is InChI=1S/C11H22N2O3Si/c1-8(13-10(14)15)9(7-12)16-17(5,6)11(2,3)4/h8-9,13H,1-6H3,(H,14,15)/t8-,9+/m0/s1. The van der Waals surface area contributed by atoms with Crippen molar-refractivity contribution in [3.8, 4) is 6.07 Å². The lowest BCUT2D eigenvalue weighted by molar-refractivity contribution is 0.163. The summed E-state index contributed by atoms with van der Waals surface area (Å²) in [5, 5.41) is 19.9. The summed E-state index contributed by atoms with van der Waals surface area (Å²) in [7, 11) is -2.06. The molecule has 0 radical (unpaired) electrons. The summed E-state index contributed by atoms with van der Waals surface area (Å²) in [5.74, 6) is 0. The van der Waals surface area contributed by atoms with Gasteiger partial charge in [0.25, 0.3) is 0 Å². The van der Waals surface area contributed by atoms with E-state index in [-0.39, 0.29) is 5.04 Å². The zero-order valence-electron chi connectivity index (χ0n) is 11.4. The van der Waals surface area contributed by atoms with Crippen molar-refractivity contribution in [2.75, 3.05) is 0 Å². The molecule has 0 saturated carbocycles. The molecular weight excluding hydrogens is 236 g/mol. The Morgan fingerprint density at radius 3 is 2.24 bits per heavy atom. The first-order valence-electron chi connectivity index (χ1n) is 5.58. The van der Waals surface area contributed by atoms with Gasteiger partial charge in [-0.1, -0.05) is 20.8 Å². The Bertz CT molecular complexity index is 318. The van der Waals surface area contributed by atoms with Crippen LogP contribution in [0.15, 0.2) is 0 Å². The third kappa shape index (κ3) is 4.75. The molecule has 0 rings (SSSR count). The van der Waals surface area contributed by atoms with Gasteiger partial charge in [0, 0.05) is 0 Å². The summed E-state index contributed by atoms with van der Waals surface area (Å²) in [4.78, 5) is 10.5. The van der Waals surface area contributed by atoms with Crippen molar-refractivity contribution in [2.45, 2.75) is 58.0 Å². The fraction of sp³-hybridized carbons (Fsp3) is 0.818. The fourth-order valence-electron chi connectivity index (χ4n) is 1.00. The molecule has 0 fully saturated rings. The summed E-state index contributed by atoms with van der Waals surface area (Å²) < 4.78 is 5.87. The lowest BCUT2D eigenvalue weighted by Crippen LogP contribution is -2.50. The van der Waals surface area contributed by atoms with Crippen molar-refractivity contribution in [1.82, 2.24) is 5.32 Å². The molecule has 6 heteroatoms. The van der Waals surface area contributed by atoms with E-state index in [4.69, 9.17) is 14.8 Å². The van der Waals surface area contributed by atoms with Gasteiger partial charge in [0.05, 0.1) is 12.1 Å². The van der Waals surface area contributed by atoms with Crippen LogP contribution in [0.1, 0.15) is 27.7 Å². The molecule has 0 aromatic carbocycles. The molecule has 0 spiro atoms. The molecule has 2 N–H and O–H groups in total. The highest BCUT2D eigenvalue weighted by atomic mass is 28.4. The Kier molecular flexibility index (Phi) is 5.17.